The molecule has 1 aromatic carbocycles. The number of carboxylic acid groups (broad SMARTS) is 1. The zero-order valence-corrected chi connectivity index (χ0v) is 12.8. The lowest BCUT2D eigenvalue weighted by molar-refractivity contribution is -0.119. The molecule has 0 bridgehead atoms. The van der Waals surface area contributed by atoms with Crippen LogP contribution in [0.2, 0.25) is 0 Å². The zero-order chi connectivity index (χ0) is 16.4. The highest BCUT2D eigenvalue weighted by atomic mass is 32.2. The quantitative estimate of drug-likeness (QED) is 0.709. The number of carboxylic acids is 1. The fourth-order valence-corrected chi connectivity index (χ4v) is 3.71. The summed E-state index contributed by atoms with van der Waals surface area (Å²) in [5.74, 6) is -1.85. The van der Waals surface area contributed by atoms with Crippen molar-refractivity contribution in [3.8, 4) is 0 Å². The van der Waals surface area contributed by atoms with E-state index in [4.69, 9.17) is 10.8 Å². The lowest BCUT2D eigenvalue weighted by Gasteiger charge is -2.25. The summed E-state index contributed by atoms with van der Waals surface area (Å²) in [4.78, 5) is 21.9. The maximum absolute atomic E-state index is 12.4. The molecule has 7 nitrogen and oxygen atoms in total. The van der Waals surface area contributed by atoms with Gasteiger partial charge in [0, 0.05) is 12.0 Å². The topological polar surface area (TPSA) is 127 Å². The minimum atomic E-state index is -3.97. The average molecular weight is 314 g/mol. The summed E-state index contributed by atoms with van der Waals surface area (Å²) < 4.78 is 27.1. The van der Waals surface area contributed by atoms with Crippen LogP contribution in [0.1, 0.15) is 36.2 Å². The van der Waals surface area contributed by atoms with Crippen LogP contribution in [0, 0.1) is 6.92 Å². The molecule has 116 valence electrons. The first-order chi connectivity index (χ1) is 9.46. The SMILES string of the molecule is Cc1c(C(=O)O)cccc1S(=O)(=O)NC(C)(C)CC(N)=O. The maximum Gasteiger partial charge on any atom is 0.335 e. The van der Waals surface area contributed by atoms with Gasteiger partial charge in [0.15, 0.2) is 0 Å². The van der Waals surface area contributed by atoms with Crippen molar-refractivity contribution in [2.24, 2.45) is 5.73 Å². The minimum Gasteiger partial charge on any atom is -0.478 e. The smallest absolute Gasteiger partial charge is 0.335 e. The molecule has 0 fully saturated rings. The molecule has 0 aliphatic rings. The number of primary amides is 1. The van der Waals surface area contributed by atoms with Crippen molar-refractivity contribution in [1.82, 2.24) is 4.72 Å². The summed E-state index contributed by atoms with van der Waals surface area (Å²) in [5.41, 5.74) is 4.05. The van der Waals surface area contributed by atoms with Gasteiger partial charge in [-0.3, -0.25) is 4.79 Å². The molecule has 4 N–H and O–H groups in total. The Morgan fingerprint density at radius 1 is 1.33 bits per heavy atom. The van der Waals surface area contributed by atoms with Crippen molar-refractivity contribution in [2.75, 3.05) is 0 Å². The summed E-state index contributed by atoms with van der Waals surface area (Å²) in [7, 11) is -3.97. The highest BCUT2D eigenvalue weighted by molar-refractivity contribution is 7.89. The molecular weight excluding hydrogens is 296 g/mol. The molecule has 0 aliphatic heterocycles. The monoisotopic (exact) mass is 314 g/mol. The molecule has 1 aromatic rings. The molecule has 0 unspecified atom stereocenters. The Morgan fingerprint density at radius 2 is 1.90 bits per heavy atom. The molecule has 0 spiro atoms. The third-order valence-corrected chi connectivity index (χ3v) is 4.67. The first-order valence-electron chi connectivity index (χ1n) is 6.11. The van der Waals surface area contributed by atoms with E-state index in [1.54, 1.807) is 0 Å². The Labute approximate surface area is 123 Å². The van der Waals surface area contributed by atoms with Crippen molar-refractivity contribution < 1.29 is 23.1 Å². The lowest BCUT2D eigenvalue weighted by Crippen LogP contribution is -2.46. The van der Waals surface area contributed by atoms with E-state index in [0.717, 1.165) is 0 Å². The van der Waals surface area contributed by atoms with Crippen LogP contribution < -0.4 is 10.5 Å². The standard InChI is InChI=1S/C13H18N2O5S/c1-8-9(12(17)18)5-4-6-10(8)21(19,20)15-13(2,3)7-11(14)16/h4-6,15H,7H2,1-3H3,(H2,14,16)(H,17,18). The van der Waals surface area contributed by atoms with E-state index in [1.165, 1.54) is 39.0 Å². The van der Waals surface area contributed by atoms with Gasteiger partial charge in [-0.05, 0) is 38.5 Å². The predicted octanol–water partition coefficient (Wildman–Crippen LogP) is 0.626. The second-order valence-corrected chi connectivity index (χ2v) is 7.02. The second-order valence-electron chi connectivity index (χ2n) is 5.37. The molecule has 1 amide bonds. The van der Waals surface area contributed by atoms with E-state index >= 15 is 0 Å². The van der Waals surface area contributed by atoms with Gasteiger partial charge >= 0.3 is 5.97 Å². The van der Waals surface area contributed by atoms with E-state index < -0.39 is 27.4 Å². The van der Waals surface area contributed by atoms with Crippen LogP contribution in [0.25, 0.3) is 0 Å². The number of carbonyl (C=O) groups excluding carboxylic acids is 1. The second kappa shape index (κ2) is 5.82. The van der Waals surface area contributed by atoms with Gasteiger partial charge in [-0.1, -0.05) is 6.07 Å². The van der Waals surface area contributed by atoms with Crippen LogP contribution in [0.3, 0.4) is 0 Å². The van der Waals surface area contributed by atoms with E-state index in [2.05, 4.69) is 4.72 Å². The predicted molar refractivity (Wildman–Crippen MR) is 76.4 cm³/mol. The van der Waals surface area contributed by atoms with E-state index in [9.17, 15) is 18.0 Å². The Kier molecular flexibility index (Phi) is 4.75. The molecule has 0 radical (unpaired) electrons. The number of nitrogens with two attached hydrogens (primary N) is 1. The zero-order valence-electron chi connectivity index (χ0n) is 12.0. The highest BCUT2D eigenvalue weighted by Gasteiger charge is 2.29. The van der Waals surface area contributed by atoms with Crippen LogP contribution in [-0.2, 0) is 14.8 Å². The van der Waals surface area contributed by atoms with Gasteiger partial charge < -0.3 is 10.8 Å². The van der Waals surface area contributed by atoms with Gasteiger partial charge in [0.1, 0.15) is 0 Å². The average Bonchev–Trinajstić information content (AvgIpc) is 2.24. The normalized spacial score (nSPS) is 12.1. The summed E-state index contributed by atoms with van der Waals surface area (Å²) in [5, 5.41) is 9.03. The Balaban J connectivity index is 3.24. The van der Waals surface area contributed by atoms with Crippen LogP contribution in [-0.4, -0.2) is 30.9 Å². The number of amides is 1. The highest BCUT2D eigenvalue weighted by Crippen LogP contribution is 2.21. The summed E-state index contributed by atoms with van der Waals surface area (Å²) in [6, 6.07) is 3.99. The molecule has 0 heterocycles. The first kappa shape index (κ1) is 17.1. The molecule has 0 saturated heterocycles. The molecule has 0 aromatic heterocycles. The fourth-order valence-electron chi connectivity index (χ4n) is 2.03. The summed E-state index contributed by atoms with van der Waals surface area (Å²) in [6.07, 6.45) is -0.177. The van der Waals surface area contributed by atoms with Gasteiger partial charge in [-0.25, -0.2) is 17.9 Å². The number of carbonyl (C=O) groups is 2. The Morgan fingerprint density at radius 3 is 2.38 bits per heavy atom. The van der Waals surface area contributed by atoms with Gasteiger partial charge in [0.2, 0.25) is 15.9 Å². The number of rotatable bonds is 6. The first-order valence-corrected chi connectivity index (χ1v) is 7.60. The van der Waals surface area contributed by atoms with Crippen molar-refractivity contribution >= 4 is 21.9 Å². The molecule has 0 aliphatic carbocycles. The third-order valence-electron chi connectivity index (χ3n) is 2.83. The van der Waals surface area contributed by atoms with Crippen LogP contribution in [0.4, 0.5) is 0 Å². The van der Waals surface area contributed by atoms with Crippen molar-refractivity contribution in [1.29, 1.82) is 0 Å². The van der Waals surface area contributed by atoms with Crippen molar-refractivity contribution in [2.45, 2.75) is 37.6 Å². The summed E-state index contributed by atoms with van der Waals surface area (Å²) in [6.45, 7) is 4.45. The number of benzene rings is 1. The molecule has 0 atom stereocenters. The van der Waals surface area contributed by atoms with E-state index in [-0.39, 0.29) is 22.4 Å². The summed E-state index contributed by atoms with van der Waals surface area (Å²) >= 11 is 0. The number of hydrogen-bond donors (Lipinski definition) is 3. The minimum absolute atomic E-state index is 0.0921. The van der Waals surface area contributed by atoms with Crippen LogP contribution in [0.5, 0.6) is 0 Å². The molecule has 8 heteroatoms. The molecule has 0 saturated carbocycles. The molecule has 21 heavy (non-hydrogen) atoms. The van der Waals surface area contributed by atoms with Gasteiger partial charge in [0.25, 0.3) is 0 Å². The largest absolute Gasteiger partial charge is 0.478 e. The van der Waals surface area contributed by atoms with E-state index in [1.807, 2.05) is 0 Å². The number of aromatic carboxylic acids is 1. The lowest BCUT2D eigenvalue weighted by atomic mass is 10.0. The number of sulfonamides is 1. The third kappa shape index (κ3) is 4.27. The van der Waals surface area contributed by atoms with Crippen LogP contribution in [0.15, 0.2) is 23.1 Å². The van der Waals surface area contributed by atoms with Crippen LogP contribution >= 0.6 is 0 Å². The number of hydrogen-bond acceptors (Lipinski definition) is 4. The Bertz CT molecular complexity index is 680. The maximum atomic E-state index is 12.4. The van der Waals surface area contributed by atoms with Gasteiger partial charge in [0.05, 0.1) is 10.5 Å². The molecular formula is C13H18N2O5S. The fraction of sp³-hybridized carbons (Fsp3) is 0.385. The van der Waals surface area contributed by atoms with Gasteiger partial charge in [-0.15, -0.1) is 0 Å². The van der Waals surface area contributed by atoms with E-state index in [0.29, 0.717) is 0 Å². The molecule has 1 rings (SSSR count). The van der Waals surface area contributed by atoms with Gasteiger partial charge in [-0.2, -0.15) is 0 Å². The van der Waals surface area contributed by atoms with Crippen molar-refractivity contribution in [3.63, 3.8) is 0 Å². The Hall–Kier alpha value is -1.93. The number of nitrogens with one attached hydrogen (secondary N) is 1. The van der Waals surface area contributed by atoms with Crippen molar-refractivity contribution in [3.05, 3.63) is 29.3 Å².